The molecule has 0 radical (unpaired) electrons. The standard InChI is InChI=1S/C31H29ClN2O6/c1-4-8-22-15-21(18-27(39-6-3)28(22)40-19-20-9-7-10-23(32)16-20)17-26-29(35)33-31(37)34(30(26)36)24-11-13-25(14-12-24)38-5-2/h4,7,9-18H,1,5-6,8,19H2,2-3H3,(H,33,35,37)/b26-17+. The number of rotatable bonds is 11. The lowest BCUT2D eigenvalue weighted by Crippen LogP contribution is -2.54. The molecule has 1 heterocycles. The van der Waals surface area contributed by atoms with Crippen LogP contribution in [0.1, 0.15) is 30.5 Å². The van der Waals surface area contributed by atoms with Crippen LogP contribution in [0.15, 0.2) is 78.9 Å². The van der Waals surface area contributed by atoms with Crippen LogP contribution in [0.25, 0.3) is 6.08 Å². The summed E-state index contributed by atoms with van der Waals surface area (Å²) in [7, 11) is 0. The highest BCUT2D eigenvalue weighted by Crippen LogP contribution is 2.36. The lowest BCUT2D eigenvalue weighted by molar-refractivity contribution is -0.122. The molecule has 40 heavy (non-hydrogen) atoms. The van der Waals surface area contributed by atoms with Crippen LogP contribution in [0.4, 0.5) is 10.5 Å². The summed E-state index contributed by atoms with van der Waals surface area (Å²) >= 11 is 6.11. The molecule has 0 spiro atoms. The van der Waals surface area contributed by atoms with Crippen molar-refractivity contribution in [2.45, 2.75) is 26.9 Å². The number of halogens is 1. The smallest absolute Gasteiger partial charge is 0.335 e. The first kappa shape index (κ1) is 28.4. The molecule has 0 aromatic heterocycles. The maximum Gasteiger partial charge on any atom is 0.335 e. The fourth-order valence-electron chi connectivity index (χ4n) is 4.20. The summed E-state index contributed by atoms with van der Waals surface area (Å²) in [4.78, 5) is 39.7. The number of amides is 4. The summed E-state index contributed by atoms with van der Waals surface area (Å²) in [5, 5.41) is 2.85. The van der Waals surface area contributed by atoms with E-state index in [1.54, 1.807) is 48.5 Å². The molecule has 0 atom stereocenters. The van der Waals surface area contributed by atoms with Gasteiger partial charge in [-0.05, 0) is 86.0 Å². The van der Waals surface area contributed by atoms with Crippen LogP contribution in [-0.2, 0) is 22.6 Å². The third-order valence-corrected chi connectivity index (χ3v) is 6.14. The number of ether oxygens (including phenoxy) is 3. The van der Waals surface area contributed by atoms with Gasteiger partial charge in [-0.3, -0.25) is 14.9 Å². The summed E-state index contributed by atoms with van der Waals surface area (Å²) in [5.41, 5.74) is 2.26. The number of carbonyl (C=O) groups excluding carboxylic acids is 3. The van der Waals surface area contributed by atoms with Crippen molar-refractivity contribution in [1.29, 1.82) is 0 Å². The van der Waals surface area contributed by atoms with E-state index in [2.05, 4.69) is 11.9 Å². The molecule has 4 rings (SSSR count). The molecule has 4 amide bonds. The van der Waals surface area contributed by atoms with E-state index >= 15 is 0 Å². The molecule has 1 aliphatic rings. The number of anilines is 1. The Bertz CT molecular complexity index is 1470. The van der Waals surface area contributed by atoms with E-state index in [4.69, 9.17) is 25.8 Å². The maximum absolute atomic E-state index is 13.4. The molecule has 0 aliphatic carbocycles. The second-order valence-electron chi connectivity index (χ2n) is 8.74. The number of nitrogens with one attached hydrogen (secondary N) is 1. The number of imide groups is 2. The molecule has 3 aromatic carbocycles. The van der Waals surface area contributed by atoms with Gasteiger partial charge < -0.3 is 14.2 Å². The minimum Gasteiger partial charge on any atom is -0.494 e. The predicted molar refractivity (Wildman–Crippen MR) is 154 cm³/mol. The number of hydrogen-bond donors (Lipinski definition) is 1. The zero-order valence-electron chi connectivity index (χ0n) is 22.2. The Hall–Kier alpha value is -4.56. The average Bonchev–Trinajstić information content (AvgIpc) is 2.92. The van der Waals surface area contributed by atoms with Crippen molar-refractivity contribution >= 4 is 41.2 Å². The number of barbiturate groups is 1. The molecule has 0 unspecified atom stereocenters. The zero-order chi connectivity index (χ0) is 28.6. The SMILES string of the molecule is C=CCc1cc(/C=C2\C(=O)NC(=O)N(c3ccc(OCC)cc3)C2=O)cc(OCC)c1OCc1cccc(Cl)c1. The molecule has 3 aromatic rings. The van der Waals surface area contributed by atoms with Gasteiger partial charge in [0.05, 0.1) is 18.9 Å². The highest BCUT2D eigenvalue weighted by atomic mass is 35.5. The predicted octanol–water partition coefficient (Wildman–Crippen LogP) is 6.11. The van der Waals surface area contributed by atoms with Gasteiger partial charge in [0.2, 0.25) is 0 Å². The van der Waals surface area contributed by atoms with Gasteiger partial charge in [0.15, 0.2) is 11.5 Å². The van der Waals surface area contributed by atoms with Crippen molar-refractivity contribution in [2.24, 2.45) is 0 Å². The van der Waals surface area contributed by atoms with Gasteiger partial charge in [-0.25, -0.2) is 9.69 Å². The number of hydrogen-bond acceptors (Lipinski definition) is 6. The molecule has 9 heteroatoms. The van der Waals surface area contributed by atoms with E-state index in [1.165, 1.54) is 6.08 Å². The number of urea groups is 1. The van der Waals surface area contributed by atoms with Gasteiger partial charge in [0.1, 0.15) is 17.9 Å². The van der Waals surface area contributed by atoms with Crippen LogP contribution in [0, 0.1) is 0 Å². The number of allylic oxidation sites excluding steroid dienone is 1. The molecular formula is C31H29ClN2O6. The van der Waals surface area contributed by atoms with Crippen LogP contribution < -0.4 is 24.4 Å². The maximum atomic E-state index is 13.4. The van der Waals surface area contributed by atoms with Crippen molar-refractivity contribution in [1.82, 2.24) is 5.32 Å². The third-order valence-electron chi connectivity index (χ3n) is 5.91. The van der Waals surface area contributed by atoms with Crippen LogP contribution >= 0.6 is 11.6 Å². The average molecular weight is 561 g/mol. The van der Waals surface area contributed by atoms with Gasteiger partial charge in [0.25, 0.3) is 11.8 Å². The van der Waals surface area contributed by atoms with E-state index < -0.39 is 17.8 Å². The molecule has 206 valence electrons. The molecule has 8 nitrogen and oxygen atoms in total. The normalized spacial score (nSPS) is 14.2. The first-order valence-electron chi connectivity index (χ1n) is 12.8. The molecule has 1 saturated heterocycles. The van der Waals surface area contributed by atoms with Crippen LogP contribution in [0.3, 0.4) is 0 Å². The van der Waals surface area contributed by atoms with E-state index in [9.17, 15) is 14.4 Å². The highest BCUT2D eigenvalue weighted by molar-refractivity contribution is 6.39. The number of nitrogens with zero attached hydrogens (tertiary/aromatic N) is 1. The number of carbonyl (C=O) groups is 3. The number of benzene rings is 3. The molecule has 1 fully saturated rings. The Morgan fingerprint density at radius 3 is 2.38 bits per heavy atom. The van der Waals surface area contributed by atoms with Gasteiger partial charge in [-0.1, -0.05) is 29.8 Å². The highest BCUT2D eigenvalue weighted by Gasteiger charge is 2.37. The fraction of sp³-hybridized carbons (Fsp3) is 0.194. The molecule has 1 N–H and O–H groups in total. The third kappa shape index (κ3) is 6.52. The Morgan fingerprint density at radius 2 is 1.70 bits per heavy atom. The van der Waals surface area contributed by atoms with Crippen molar-refractivity contribution < 1.29 is 28.6 Å². The molecule has 1 aliphatic heterocycles. The fourth-order valence-corrected chi connectivity index (χ4v) is 4.41. The minimum absolute atomic E-state index is 0.201. The lowest BCUT2D eigenvalue weighted by atomic mass is 10.0. The van der Waals surface area contributed by atoms with E-state index in [-0.39, 0.29) is 12.2 Å². The van der Waals surface area contributed by atoms with Crippen molar-refractivity contribution in [2.75, 3.05) is 18.1 Å². The van der Waals surface area contributed by atoms with Gasteiger partial charge >= 0.3 is 6.03 Å². The topological polar surface area (TPSA) is 94.2 Å². The van der Waals surface area contributed by atoms with E-state index in [1.807, 2.05) is 32.0 Å². The summed E-state index contributed by atoms with van der Waals surface area (Å²) in [6.07, 6.45) is 3.60. The second kappa shape index (κ2) is 13.0. The van der Waals surface area contributed by atoms with Crippen molar-refractivity contribution in [3.8, 4) is 17.2 Å². The summed E-state index contributed by atoms with van der Waals surface area (Å²) in [6, 6.07) is 16.5. The zero-order valence-corrected chi connectivity index (χ0v) is 23.0. The van der Waals surface area contributed by atoms with Crippen LogP contribution in [0.5, 0.6) is 17.2 Å². The van der Waals surface area contributed by atoms with Crippen molar-refractivity contribution in [3.63, 3.8) is 0 Å². The van der Waals surface area contributed by atoms with Gasteiger partial charge in [0, 0.05) is 10.6 Å². The monoisotopic (exact) mass is 560 g/mol. The quantitative estimate of drug-likeness (QED) is 0.173. The second-order valence-corrected chi connectivity index (χ2v) is 9.17. The Morgan fingerprint density at radius 1 is 0.950 bits per heavy atom. The lowest BCUT2D eigenvalue weighted by Gasteiger charge is -2.26. The van der Waals surface area contributed by atoms with E-state index in [0.29, 0.717) is 53.2 Å². The molecule has 0 saturated carbocycles. The molecule has 0 bridgehead atoms. The Kier molecular flexibility index (Phi) is 9.24. The largest absolute Gasteiger partial charge is 0.494 e. The van der Waals surface area contributed by atoms with Crippen LogP contribution in [0.2, 0.25) is 5.02 Å². The molecular weight excluding hydrogens is 532 g/mol. The van der Waals surface area contributed by atoms with Crippen LogP contribution in [-0.4, -0.2) is 31.1 Å². The summed E-state index contributed by atoms with van der Waals surface area (Å²) in [5.74, 6) is 0.0243. The Balaban J connectivity index is 1.69. The van der Waals surface area contributed by atoms with Gasteiger partial charge in [-0.2, -0.15) is 0 Å². The summed E-state index contributed by atoms with van der Waals surface area (Å²) < 4.78 is 17.5. The minimum atomic E-state index is -0.830. The van der Waals surface area contributed by atoms with Crippen molar-refractivity contribution in [3.05, 3.63) is 101 Å². The summed E-state index contributed by atoms with van der Waals surface area (Å²) in [6.45, 7) is 8.64. The first-order valence-corrected chi connectivity index (χ1v) is 13.1. The van der Waals surface area contributed by atoms with Gasteiger partial charge in [-0.15, -0.1) is 6.58 Å². The van der Waals surface area contributed by atoms with E-state index in [0.717, 1.165) is 16.0 Å². The first-order chi connectivity index (χ1) is 19.3. The Labute approximate surface area is 237 Å².